The molecular weight excluding hydrogens is 248 g/mol. The van der Waals surface area contributed by atoms with Crippen molar-refractivity contribution in [3.05, 3.63) is 29.8 Å². The van der Waals surface area contributed by atoms with Crippen molar-refractivity contribution >= 4 is 0 Å². The minimum atomic E-state index is 0.378. The van der Waals surface area contributed by atoms with Gasteiger partial charge in [0.2, 0.25) is 0 Å². The Balaban J connectivity index is 1.68. The van der Waals surface area contributed by atoms with Gasteiger partial charge in [0.1, 0.15) is 5.75 Å². The van der Waals surface area contributed by atoms with Crippen LogP contribution in [0.5, 0.6) is 5.75 Å². The smallest absolute Gasteiger partial charge is 0.115 e. The summed E-state index contributed by atoms with van der Waals surface area (Å²) in [7, 11) is 0. The van der Waals surface area contributed by atoms with Gasteiger partial charge in [0.15, 0.2) is 0 Å². The van der Waals surface area contributed by atoms with E-state index in [0.29, 0.717) is 17.8 Å². The minimum absolute atomic E-state index is 0.378. The summed E-state index contributed by atoms with van der Waals surface area (Å²) in [6.07, 6.45) is 5.28. The number of nitrogens with one attached hydrogen (secondary N) is 1. The topological polar surface area (TPSA) is 35.5 Å². The van der Waals surface area contributed by atoms with Crippen LogP contribution in [0.25, 0.3) is 0 Å². The lowest BCUT2D eigenvalue weighted by Gasteiger charge is -2.41. The summed E-state index contributed by atoms with van der Waals surface area (Å²) in [6, 6.07) is 9.03. The van der Waals surface area contributed by atoms with Crippen LogP contribution in [0.15, 0.2) is 24.3 Å². The van der Waals surface area contributed by atoms with E-state index in [1.165, 1.54) is 31.2 Å². The quantitative estimate of drug-likeness (QED) is 0.866. The van der Waals surface area contributed by atoms with Crippen LogP contribution in [-0.4, -0.2) is 35.2 Å². The fourth-order valence-electron chi connectivity index (χ4n) is 3.40. The van der Waals surface area contributed by atoms with Gasteiger partial charge in [-0.05, 0) is 42.9 Å². The number of hydrogen-bond donors (Lipinski definition) is 2. The van der Waals surface area contributed by atoms with Crippen LogP contribution in [0.1, 0.15) is 38.2 Å². The average Bonchev–Trinajstić information content (AvgIpc) is 3.25. The maximum absolute atomic E-state index is 9.63. The molecule has 1 aromatic rings. The van der Waals surface area contributed by atoms with Crippen LogP contribution < -0.4 is 5.32 Å². The van der Waals surface area contributed by atoms with E-state index in [1.807, 2.05) is 12.1 Å². The molecule has 1 saturated carbocycles. The zero-order valence-corrected chi connectivity index (χ0v) is 12.4. The molecule has 3 heteroatoms. The number of aromatic hydroxyl groups is 1. The van der Waals surface area contributed by atoms with E-state index in [4.69, 9.17) is 0 Å². The van der Waals surface area contributed by atoms with Crippen molar-refractivity contribution in [3.63, 3.8) is 0 Å². The zero-order chi connectivity index (χ0) is 13.9. The Morgan fingerprint density at radius 1 is 1.35 bits per heavy atom. The monoisotopic (exact) mass is 274 g/mol. The SMILES string of the molecule is CCCC1CNC(C2CC2)CN1Cc1cccc(O)c1. The summed E-state index contributed by atoms with van der Waals surface area (Å²) in [5, 5.41) is 13.4. The Morgan fingerprint density at radius 3 is 2.90 bits per heavy atom. The summed E-state index contributed by atoms with van der Waals surface area (Å²) in [6.45, 7) is 5.50. The number of hydrogen-bond acceptors (Lipinski definition) is 3. The first-order valence-corrected chi connectivity index (χ1v) is 8.01. The molecule has 1 saturated heterocycles. The normalized spacial score (nSPS) is 27.6. The molecule has 1 heterocycles. The summed E-state index contributed by atoms with van der Waals surface area (Å²) < 4.78 is 0. The lowest BCUT2D eigenvalue weighted by molar-refractivity contribution is 0.108. The predicted octanol–water partition coefficient (Wildman–Crippen LogP) is 2.74. The highest BCUT2D eigenvalue weighted by molar-refractivity contribution is 5.27. The number of rotatable bonds is 5. The highest BCUT2D eigenvalue weighted by atomic mass is 16.3. The zero-order valence-electron chi connectivity index (χ0n) is 12.4. The molecule has 0 bridgehead atoms. The van der Waals surface area contributed by atoms with E-state index >= 15 is 0 Å². The molecule has 0 amide bonds. The van der Waals surface area contributed by atoms with E-state index in [9.17, 15) is 5.11 Å². The Morgan fingerprint density at radius 2 is 2.20 bits per heavy atom. The Bertz CT molecular complexity index is 444. The highest BCUT2D eigenvalue weighted by Gasteiger charge is 2.36. The molecule has 0 spiro atoms. The van der Waals surface area contributed by atoms with Crippen molar-refractivity contribution in [2.75, 3.05) is 13.1 Å². The summed E-state index contributed by atoms with van der Waals surface area (Å²) in [5.74, 6) is 1.28. The third-order valence-electron chi connectivity index (χ3n) is 4.67. The molecule has 2 N–H and O–H groups in total. The molecule has 2 atom stereocenters. The molecular formula is C17H26N2O. The van der Waals surface area contributed by atoms with Crippen molar-refractivity contribution in [3.8, 4) is 5.75 Å². The minimum Gasteiger partial charge on any atom is -0.508 e. The fourth-order valence-corrected chi connectivity index (χ4v) is 3.40. The Kier molecular flexibility index (Phi) is 4.27. The van der Waals surface area contributed by atoms with Crippen LogP contribution in [0.2, 0.25) is 0 Å². The van der Waals surface area contributed by atoms with Gasteiger partial charge in [-0.15, -0.1) is 0 Å². The van der Waals surface area contributed by atoms with Crippen LogP contribution in [0.4, 0.5) is 0 Å². The van der Waals surface area contributed by atoms with Crippen molar-refractivity contribution in [2.24, 2.45) is 5.92 Å². The lowest BCUT2D eigenvalue weighted by atomic mass is 10.0. The standard InChI is InChI=1S/C17H26N2O/c1-2-4-15-10-18-17(14-7-8-14)12-19(15)11-13-5-3-6-16(20)9-13/h3,5-6,9,14-15,17-18,20H,2,4,7-8,10-12H2,1H3. The van der Waals surface area contributed by atoms with Gasteiger partial charge in [-0.1, -0.05) is 25.5 Å². The maximum Gasteiger partial charge on any atom is 0.115 e. The number of phenols is 1. The van der Waals surface area contributed by atoms with E-state index in [1.54, 1.807) is 6.07 Å². The fraction of sp³-hybridized carbons (Fsp3) is 0.647. The van der Waals surface area contributed by atoms with Crippen molar-refractivity contribution in [1.82, 2.24) is 10.2 Å². The van der Waals surface area contributed by atoms with Crippen molar-refractivity contribution in [2.45, 2.75) is 51.2 Å². The van der Waals surface area contributed by atoms with Crippen LogP contribution >= 0.6 is 0 Å². The van der Waals surface area contributed by atoms with Gasteiger partial charge < -0.3 is 10.4 Å². The Labute approximate surface area is 122 Å². The summed E-state index contributed by atoms with van der Waals surface area (Å²) in [4.78, 5) is 2.62. The molecule has 1 aliphatic heterocycles. The van der Waals surface area contributed by atoms with Gasteiger partial charge in [0.25, 0.3) is 0 Å². The molecule has 2 fully saturated rings. The van der Waals surface area contributed by atoms with Crippen molar-refractivity contribution < 1.29 is 5.11 Å². The third kappa shape index (κ3) is 3.33. The van der Waals surface area contributed by atoms with Crippen LogP contribution in [-0.2, 0) is 6.54 Å². The number of nitrogens with zero attached hydrogens (tertiary/aromatic N) is 1. The van der Waals surface area contributed by atoms with E-state index in [2.05, 4.69) is 23.2 Å². The van der Waals surface area contributed by atoms with Gasteiger partial charge in [0.05, 0.1) is 0 Å². The maximum atomic E-state index is 9.63. The van der Waals surface area contributed by atoms with Gasteiger partial charge in [-0.3, -0.25) is 4.90 Å². The molecule has 3 rings (SSSR count). The number of phenolic OH excluding ortho intramolecular Hbond substituents is 1. The lowest BCUT2D eigenvalue weighted by Crippen LogP contribution is -2.56. The molecule has 2 aliphatic rings. The molecule has 0 radical (unpaired) electrons. The molecule has 1 aromatic carbocycles. The summed E-state index contributed by atoms with van der Waals surface area (Å²) in [5.41, 5.74) is 1.22. The van der Waals surface area contributed by atoms with Gasteiger partial charge in [-0.2, -0.15) is 0 Å². The molecule has 20 heavy (non-hydrogen) atoms. The Hall–Kier alpha value is -1.06. The van der Waals surface area contributed by atoms with E-state index in [0.717, 1.165) is 25.6 Å². The second-order valence-corrected chi connectivity index (χ2v) is 6.39. The van der Waals surface area contributed by atoms with Crippen LogP contribution in [0, 0.1) is 5.92 Å². The second-order valence-electron chi connectivity index (χ2n) is 6.39. The molecule has 110 valence electrons. The first-order valence-electron chi connectivity index (χ1n) is 8.01. The van der Waals surface area contributed by atoms with Gasteiger partial charge >= 0.3 is 0 Å². The third-order valence-corrected chi connectivity index (χ3v) is 4.67. The molecule has 1 aliphatic carbocycles. The largest absolute Gasteiger partial charge is 0.508 e. The predicted molar refractivity (Wildman–Crippen MR) is 81.7 cm³/mol. The average molecular weight is 274 g/mol. The number of piperazine rings is 1. The molecule has 2 unspecified atom stereocenters. The first kappa shape index (κ1) is 13.9. The first-order chi connectivity index (χ1) is 9.76. The van der Waals surface area contributed by atoms with Crippen molar-refractivity contribution in [1.29, 1.82) is 0 Å². The molecule has 3 nitrogen and oxygen atoms in total. The van der Waals surface area contributed by atoms with E-state index in [-0.39, 0.29) is 0 Å². The summed E-state index contributed by atoms with van der Waals surface area (Å²) >= 11 is 0. The highest BCUT2D eigenvalue weighted by Crippen LogP contribution is 2.35. The van der Waals surface area contributed by atoms with Crippen LogP contribution in [0.3, 0.4) is 0 Å². The van der Waals surface area contributed by atoms with E-state index < -0.39 is 0 Å². The van der Waals surface area contributed by atoms with Gasteiger partial charge in [0, 0.05) is 31.7 Å². The molecule has 0 aromatic heterocycles. The number of benzene rings is 1. The van der Waals surface area contributed by atoms with Gasteiger partial charge in [-0.25, -0.2) is 0 Å². The second kappa shape index (κ2) is 6.15.